The number of piperidine rings is 1. The molecule has 2 aromatic rings. The predicted octanol–water partition coefficient (Wildman–Crippen LogP) is 4.10. The first-order valence-corrected chi connectivity index (χ1v) is 11.6. The lowest BCUT2D eigenvalue weighted by Crippen LogP contribution is -2.44. The third-order valence-electron chi connectivity index (χ3n) is 5.86. The van der Waals surface area contributed by atoms with Crippen molar-refractivity contribution in [3.63, 3.8) is 0 Å². The average molecular weight is 442 g/mol. The molecule has 0 aliphatic carbocycles. The highest BCUT2D eigenvalue weighted by Crippen LogP contribution is 2.23. The fourth-order valence-electron chi connectivity index (χ4n) is 3.91. The highest BCUT2D eigenvalue weighted by molar-refractivity contribution is 5.83. The zero-order valence-electron chi connectivity index (χ0n) is 19.7. The maximum absolute atomic E-state index is 12.7. The molecule has 32 heavy (non-hydrogen) atoms. The van der Waals surface area contributed by atoms with Crippen LogP contribution in [0.5, 0.6) is 0 Å². The van der Waals surface area contributed by atoms with Crippen molar-refractivity contribution in [3.8, 4) is 0 Å². The summed E-state index contributed by atoms with van der Waals surface area (Å²) in [6.45, 7) is 9.14. The van der Waals surface area contributed by atoms with E-state index >= 15 is 0 Å². The molecule has 2 heterocycles. The maximum Gasteiger partial charge on any atom is 0.306 e. The van der Waals surface area contributed by atoms with E-state index in [9.17, 15) is 9.59 Å². The van der Waals surface area contributed by atoms with Crippen LogP contribution in [-0.4, -0.2) is 46.1 Å². The summed E-state index contributed by atoms with van der Waals surface area (Å²) in [6, 6.07) is 10.5. The van der Waals surface area contributed by atoms with Gasteiger partial charge in [-0.1, -0.05) is 56.3 Å². The third kappa shape index (κ3) is 6.90. The van der Waals surface area contributed by atoms with Crippen LogP contribution < -0.4 is 0 Å². The van der Waals surface area contributed by atoms with Gasteiger partial charge in [0.25, 0.3) is 5.91 Å². The highest BCUT2D eigenvalue weighted by Gasteiger charge is 2.28. The Kier molecular flexibility index (Phi) is 8.04. The highest BCUT2D eigenvalue weighted by atomic mass is 16.5. The Morgan fingerprint density at radius 1 is 1.19 bits per heavy atom. The van der Waals surface area contributed by atoms with Crippen molar-refractivity contribution in [2.45, 2.75) is 77.7 Å². The summed E-state index contributed by atoms with van der Waals surface area (Å²) in [5.74, 6) is 1.28. The van der Waals surface area contributed by atoms with Gasteiger partial charge in [-0.15, -0.1) is 0 Å². The summed E-state index contributed by atoms with van der Waals surface area (Å²) in [5, 5.41) is 3.98. The number of benzene rings is 1. The molecule has 1 aliphatic heterocycles. The van der Waals surface area contributed by atoms with Gasteiger partial charge in [0.1, 0.15) is 0 Å². The van der Waals surface area contributed by atoms with E-state index in [1.54, 1.807) is 6.92 Å². The van der Waals surface area contributed by atoms with Gasteiger partial charge in [0.2, 0.25) is 5.89 Å². The normalized spacial score (nSPS) is 16.1. The topological polar surface area (TPSA) is 85.5 Å². The van der Waals surface area contributed by atoms with Gasteiger partial charge in [0.05, 0.1) is 0 Å². The number of nitrogens with zero attached hydrogens (tertiary/aromatic N) is 3. The molecule has 1 unspecified atom stereocenters. The van der Waals surface area contributed by atoms with Gasteiger partial charge in [-0.05, 0) is 44.1 Å². The van der Waals surface area contributed by atoms with Gasteiger partial charge in [-0.3, -0.25) is 9.59 Å². The van der Waals surface area contributed by atoms with Crippen LogP contribution in [0.4, 0.5) is 0 Å². The fraction of sp³-hybridized carbons (Fsp3) is 0.600. The standard InChI is InChI=1S/C25H35N3O4/c1-18(31-22(29)12-8-11-21-26-24(27-32-21)25(2,3)4)23(30)28-15-13-20(14-16-28)17-19-9-6-5-7-10-19/h5-7,9-10,18,20H,8,11-17H2,1-4H3. The molecule has 0 spiro atoms. The van der Waals surface area contributed by atoms with Gasteiger partial charge >= 0.3 is 5.97 Å². The van der Waals surface area contributed by atoms with Crippen molar-refractivity contribution < 1.29 is 18.8 Å². The molecule has 7 nitrogen and oxygen atoms in total. The lowest BCUT2D eigenvalue weighted by atomic mass is 9.90. The van der Waals surface area contributed by atoms with Gasteiger partial charge in [0, 0.05) is 31.3 Å². The Morgan fingerprint density at radius 3 is 2.50 bits per heavy atom. The number of rotatable bonds is 8. The number of carbonyl (C=O) groups excluding carboxylic acids is 2. The van der Waals surface area contributed by atoms with E-state index in [2.05, 4.69) is 34.4 Å². The average Bonchev–Trinajstić information content (AvgIpc) is 3.24. The molecule has 1 atom stereocenters. The molecular weight excluding hydrogens is 406 g/mol. The maximum atomic E-state index is 12.7. The van der Waals surface area contributed by atoms with Crippen LogP contribution in [0.1, 0.15) is 70.7 Å². The number of aryl methyl sites for hydroxylation is 1. The van der Waals surface area contributed by atoms with Crippen molar-refractivity contribution >= 4 is 11.9 Å². The quantitative estimate of drug-likeness (QED) is 0.573. The second-order valence-corrected chi connectivity index (χ2v) is 9.71. The number of carbonyl (C=O) groups is 2. The fourth-order valence-corrected chi connectivity index (χ4v) is 3.91. The first-order chi connectivity index (χ1) is 15.2. The number of esters is 1. The van der Waals surface area contributed by atoms with Crippen LogP contribution in [0, 0.1) is 5.92 Å². The van der Waals surface area contributed by atoms with Crippen molar-refractivity contribution in [3.05, 3.63) is 47.6 Å². The predicted molar refractivity (Wildman–Crippen MR) is 121 cm³/mol. The first-order valence-electron chi connectivity index (χ1n) is 11.6. The van der Waals surface area contributed by atoms with Gasteiger partial charge in [-0.2, -0.15) is 4.98 Å². The molecule has 174 valence electrons. The molecule has 1 saturated heterocycles. The largest absolute Gasteiger partial charge is 0.453 e. The van der Waals surface area contributed by atoms with Crippen LogP contribution >= 0.6 is 0 Å². The lowest BCUT2D eigenvalue weighted by Gasteiger charge is -2.33. The number of hydrogen-bond donors (Lipinski definition) is 0. The number of aromatic nitrogens is 2. The summed E-state index contributed by atoms with van der Waals surface area (Å²) in [6.07, 6.45) is 3.49. The lowest BCUT2D eigenvalue weighted by molar-refractivity contribution is -0.159. The second kappa shape index (κ2) is 10.7. The van der Waals surface area contributed by atoms with E-state index in [0.717, 1.165) is 19.3 Å². The second-order valence-electron chi connectivity index (χ2n) is 9.71. The summed E-state index contributed by atoms with van der Waals surface area (Å²) in [5.41, 5.74) is 1.17. The van der Waals surface area contributed by atoms with E-state index in [0.29, 0.717) is 43.6 Å². The molecule has 0 bridgehead atoms. The Morgan fingerprint density at radius 2 is 1.88 bits per heavy atom. The Hall–Kier alpha value is -2.70. The minimum atomic E-state index is -0.760. The zero-order valence-corrected chi connectivity index (χ0v) is 19.7. The Balaban J connectivity index is 1.36. The van der Waals surface area contributed by atoms with Crippen molar-refractivity contribution in [1.29, 1.82) is 0 Å². The molecular formula is C25H35N3O4. The van der Waals surface area contributed by atoms with Gasteiger partial charge in [0.15, 0.2) is 11.9 Å². The number of hydrogen-bond acceptors (Lipinski definition) is 6. The summed E-state index contributed by atoms with van der Waals surface area (Å²) in [7, 11) is 0. The third-order valence-corrected chi connectivity index (χ3v) is 5.86. The minimum absolute atomic E-state index is 0.108. The number of likely N-dealkylation sites (tertiary alicyclic amines) is 1. The first kappa shape index (κ1) is 24.0. The Bertz CT molecular complexity index is 880. The molecule has 1 aromatic heterocycles. The molecule has 1 aliphatic rings. The van der Waals surface area contributed by atoms with Gasteiger partial charge in [-0.25, -0.2) is 0 Å². The smallest absolute Gasteiger partial charge is 0.306 e. The molecule has 3 rings (SSSR count). The zero-order chi connectivity index (χ0) is 23.1. The summed E-state index contributed by atoms with van der Waals surface area (Å²) >= 11 is 0. The monoisotopic (exact) mass is 441 g/mol. The summed E-state index contributed by atoms with van der Waals surface area (Å²) in [4.78, 5) is 31.1. The SMILES string of the molecule is CC(OC(=O)CCCc1nc(C(C)(C)C)no1)C(=O)N1CCC(Cc2ccccc2)CC1. The molecule has 7 heteroatoms. The van der Waals surface area contributed by atoms with Crippen LogP contribution in [-0.2, 0) is 32.6 Å². The number of amides is 1. The molecule has 0 N–H and O–H groups in total. The summed E-state index contributed by atoms with van der Waals surface area (Å²) < 4.78 is 10.6. The van der Waals surface area contributed by atoms with Crippen LogP contribution in [0.15, 0.2) is 34.9 Å². The van der Waals surface area contributed by atoms with Crippen LogP contribution in [0.3, 0.4) is 0 Å². The van der Waals surface area contributed by atoms with Crippen LogP contribution in [0.2, 0.25) is 0 Å². The molecule has 1 amide bonds. The van der Waals surface area contributed by atoms with E-state index < -0.39 is 6.10 Å². The molecule has 1 fully saturated rings. The molecule has 1 aromatic carbocycles. The van der Waals surface area contributed by atoms with Gasteiger partial charge < -0.3 is 14.2 Å². The number of ether oxygens (including phenoxy) is 1. The van der Waals surface area contributed by atoms with E-state index in [1.807, 2.05) is 31.7 Å². The molecule has 0 saturated carbocycles. The van der Waals surface area contributed by atoms with E-state index in [4.69, 9.17) is 9.26 Å². The van der Waals surface area contributed by atoms with E-state index in [1.165, 1.54) is 5.56 Å². The van der Waals surface area contributed by atoms with Crippen molar-refractivity contribution in [2.75, 3.05) is 13.1 Å². The van der Waals surface area contributed by atoms with Crippen LogP contribution in [0.25, 0.3) is 0 Å². The minimum Gasteiger partial charge on any atom is -0.453 e. The van der Waals surface area contributed by atoms with Crippen molar-refractivity contribution in [2.24, 2.45) is 5.92 Å². The van der Waals surface area contributed by atoms with Crippen molar-refractivity contribution in [1.82, 2.24) is 15.0 Å². The molecule has 0 radical (unpaired) electrons. The van der Waals surface area contributed by atoms with E-state index in [-0.39, 0.29) is 23.7 Å². The Labute approximate surface area is 190 Å².